The van der Waals surface area contributed by atoms with Crippen molar-refractivity contribution in [2.45, 2.75) is 104 Å². The van der Waals surface area contributed by atoms with Gasteiger partial charge in [-0.3, -0.25) is 0 Å². The second kappa shape index (κ2) is 8.16. The molecule has 5 heteroatoms. The van der Waals surface area contributed by atoms with Crippen LogP contribution < -0.4 is 0 Å². The molecular weight excluding hydrogens is 452 g/mol. The molecule has 1 spiro atoms. The van der Waals surface area contributed by atoms with E-state index in [-0.39, 0.29) is 39.5 Å². The molecular formula is C31H48O5. The van der Waals surface area contributed by atoms with Crippen LogP contribution in [0.4, 0.5) is 0 Å². The van der Waals surface area contributed by atoms with E-state index in [1.807, 2.05) is 12.2 Å². The first-order chi connectivity index (χ1) is 16.7. The molecule has 6 aliphatic rings. The molecule has 4 saturated carbocycles. The van der Waals surface area contributed by atoms with Crippen molar-refractivity contribution in [3.8, 4) is 0 Å². The van der Waals surface area contributed by atoms with E-state index in [2.05, 4.69) is 40.7 Å². The second-order valence-corrected chi connectivity index (χ2v) is 14.1. The molecule has 0 aromatic carbocycles. The Balaban J connectivity index is 1.43. The van der Waals surface area contributed by atoms with Gasteiger partial charge in [-0.05, 0) is 86.4 Å². The minimum Gasteiger partial charge on any atom is -0.466 e. The number of ether oxygens (including phenoxy) is 2. The summed E-state index contributed by atoms with van der Waals surface area (Å²) >= 11 is 0. The Hall–Kier alpha value is -1.17. The van der Waals surface area contributed by atoms with Gasteiger partial charge in [0.1, 0.15) is 0 Å². The van der Waals surface area contributed by atoms with Crippen molar-refractivity contribution in [3.63, 3.8) is 0 Å². The molecule has 2 heterocycles. The third-order valence-corrected chi connectivity index (χ3v) is 13.0. The number of carbonyl (C=O) groups excluding carboxylic acids is 1. The van der Waals surface area contributed by atoms with Gasteiger partial charge >= 0.3 is 5.97 Å². The third-order valence-electron chi connectivity index (χ3n) is 13.0. The summed E-state index contributed by atoms with van der Waals surface area (Å²) in [5, 5.41) is 24.1. The molecule has 5 nitrogen and oxygen atoms in total. The van der Waals surface area contributed by atoms with Crippen molar-refractivity contribution < 1.29 is 24.5 Å². The number of aliphatic hydroxyl groups is 2. The smallest absolute Gasteiger partial charge is 0.333 e. The molecule has 2 N–H and O–H groups in total. The molecule has 4 aliphatic carbocycles. The highest BCUT2D eigenvalue weighted by Crippen LogP contribution is 2.77. The van der Waals surface area contributed by atoms with E-state index in [4.69, 9.17) is 9.47 Å². The standard InChI is InChI=1S/C31H48O5/c1-20(9-8-10-21(2)25(32)35-7)22-13-14-28(6)24-12-11-23-26(3,4)31(34)18-16-29(23,19-36-31)30(24,33)17-15-27(22,28)5/h8-10,20,22-24,33-34H,11-19H2,1-7H3/b9-8+,21-10+/t20-,22-,23+,24+,27-,28+,29-,30-,31+/m1/s1. The van der Waals surface area contributed by atoms with E-state index in [1.165, 1.54) is 13.5 Å². The van der Waals surface area contributed by atoms with Crippen LogP contribution in [0.15, 0.2) is 23.8 Å². The van der Waals surface area contributed by atoms with E-state index in [0.29, 0.717) is 30.4 Å². The molecule has 0 amide bonds. The molecule has 2 aliphatic heterocycles. The van der Waals surface area contributed by atoms with Crippen LogP contribution in [0.1, 0.15) is 92.9 Å². The van der Waals surface area contributed by atoms with Crippen molar-refractivity contribution in [1.29, 1.82) is 0 Å². The van der Waals surface area contributed by atoms with Gasteiger partial charge in [-0.25, -0.2) is 4.79 Å². The van der Waals surface area contributed by atoms with Gasteiger partial charge in [0.25, 0.3) is 0 Å². The van der Waals surface area contributed by atoms with Crippen molar-refractivity contribution in [3.05, 3.63) is 23.8 Å². The van der Waals surface area contributed by atoms with E-state index >= 15 is 0 Å². The summed E-state index contributed by atoms with van der Waals surface area (Å²) in [5.41, 5.74) is -0.512. The van der Waals surface area contributed by atoms with Gasteiger partial charge in [0.15, 0.2) is 5.79 Å². The summed E-state index contributed by atoms with van der Waals surface area (Å²) in [7, 11) is 1.41. The molecule has 202 valence electrons. The maximum absolute atomic E-state index is 12.8. The molecule has 36 heavy (non-hydrogen) atoms. The summed E-state index contributed by atoms with van der Waals surface area (Å²) in [5.74, 6) is 0.130. The lowest BCUT2D eigenvalue weighted by Crippen LogP contribution is -2.78. The van der Waals surface area contributed by atoms with Crippen LogP contribution in [-0.4, -0.2) is 41.3 Å². The number of allylic oxidation sites excluding steroid dienone is 3. The first-order valence-corrected chi connectivity index (χ1v) is 14.2. The van der Waals surface area contributed by atoms with Crippen LogP contribution in [0.3, 0.4) is 0 Å². The number of esters is 1. The lowest BCUT2D eigenvalue weighted by Gasteiger charge is -2.75. The normalized spacial score (nSPS) is 50.4. The zero-order valence-electron chi connectivity index (χ0n) is 23.5. The first kappa shape index (κ1) is 26.4. The van der Waals surface area contributed by atoms with Crippen LogP contribution in [0, 0.1) is 45.3 Å². The second-order valence-electron chi connectivity index (χ2n) is 14.1. The molecule has 6 fully saturated rings. The zero-order chi connectivity index (χ0) is 26.4. The summed E-state index contributed by atoms with van der Waals surface area (Å²) in [4.78, 5) is 11.7. The highest BCUT2D eigenvalue weighted by Gasteiger charge is 2.77. The van der Waals surface area contributed by atoms with Crippen molar-refractivity contribution in [2.75, 3.05) is 13.7 Å². The summed E-state index contributed by atoms with van der Waals surface area (Å²) in [6.45, 7) is 13.9. The van der Waals surface area contributed by atoms with Gasteiger partial charge in [-0.1, -0.05) is 52.8 Å². The molecule has 0 unspecified atom stereocenters. The summed E-state index contributed by atoms with van der Waals surface area (Å²) in [6.07, 6.45) is 13.9. The SMILES string of the molecule is COC(=O)/C(C)=C/C=C/[C@@H](C)[C@H]1CC[C@@]2(C)[C@@H]3CC[C@H]4C(C)(C)[C@]5(O)CC[C@]4(CO5)[C@@]3(O)CC[C@]12C. The highest BCUT2D eigenvalue weighted by molar-refractivity contribution is 5.87. The van der Waals surface area contributed by atoms with Crippen molar-refractivity contribution in [2.24, 2.45) is 45.3 Å². The third kappa shape index (κ3) is 3.09. The van der Waals surface area contributed by atoms with Gasteiger partial charge in [-0.2, -0.15) is 0 Å². The number of hydrogen-bond acceptors (Lipinski definition) is 5. The maximum Gasteiger partial charge on any atom is 0.333 e. The predicted octanol–water partition coefficient (Wildman–Crippen LogP) is 5.80. The maximum atomic E-state index is 12.8. The highest BCUT2D eigenvalue weighted by atomic mass is 16.6. The lowest BCUT2D eigenvalue weighted by atomic mass is 9.34. The van der Waals surface area contributed by atoms with Crippen LogP contribution in [-0.2, 0) is 14.3 Å². The summed E-state index contributed by atoms with van der Waals surface area (Å²) < 4.78 is 11.0. The Bertz CT molecular complexity index is 971. The Morgan fingerprint density at radius 1 is 0.972 bits per heavy atom. The topological polar surface area (TPSA) is 76.0 Å². The Kier molecular flexibility index (Phi) is 6.00. The average Bonchev–Trinajstić information content (AvgIpc) is 3.11. The number of hydrogen-bond donors (Lipinski definition) is 2. The fourth-order valence-electron chi connectivity index (χ4n) is 10.6. The van der Waals surface area contributed by atoms with E-state index in [9.17, 15) is 15.0 Å². The molecule has 0 radical (unpaired) electrons. The molecule has 9 atom stereocenters. The van der Waals surface area contributed by atoms with Crippen LogP contribution in [0.25, 0.3) is 0 Å². The number of methoxy groups -OCH3 is 1. The van der Waals surface area contributed by atoms with Crippen molar-refractivity contribution >= 4 is 5.97 Å². The zero-order valence-corrected chi connectivity index (χ0v) is 23.5. The number of rotatable bonds is 4. The van der Waals surface area contributed by atoms with E-state index in [0.717, 1.165) is 38.5 Å². The van der Waals surface area contributed by atoms with E-state index < -0.39 is 11.4 Å². The molecule has 2 bridgehead atoms. The van der Waals surface area contributed by atoms with Gasteiger partial charge in [0, 0.05) is 22.8 Å². The van der Waals surface area contributed by atoms with Crippen LogP contribution in [0.5, 0.6) is 0 Å². The fraction of sp³-hybridized carbons (Fsp3) is 0.839. The summed E-state index contributed by atoms with van der Waals surface area (Å²) in [6, 6.07) is 0. The molecule has 0 aromatic rings. The average molecular weight is 501 g/mol. The Morgan fingerprint density at radius 2 is 1.67 bits per heavy atom. The fourth-order valence-corrected chi connectivity index (χ4v) is 10.6. The van der Waals surface area contributed by atoms with Gasteiger partial charge in [0.2, 0.25) is 0 Å². The first-order valence-electron chi connectivity index (χ1n) is 14.2. The quantitative estimate of drug-likeness (QED) is 0.290. The largest absolute Gasteiger partial charge is 0.466 e. The van der Waals surface area contributed by atoms with Gasteiger partial charge in [0.05, 0.1) is 19.3 Å². The lowest BCUT2D eigenvalue weighted by molar-refractivity contribution is -0.417. The minimum atomic E-state index is -1.06. The van der Waals surface area contributed by atoms with Gasteiger partial charge in [-0.15, -0.1) is 0 Å². The van der Waals surface area contributed by atoms with Crippen LogP contribution >= 0.6 is 0 Å². The van der Waals surface area contributed by atoms with Crippen LogP contribution in [0.2, 0.25) is 0 Å². The predicted molar refractivity (Wildman–Crippen MR) is 140 cm³/mol. The Labute approximate surface area is 217 Å². The molecule has 6 rings (SSSR count). The molecule has 2 saturated heterocycles. The van der Waals surface area contributed by atoms with Gasteiger partial charge < -0.3 is 19.7 Å². The number of fused-ring (bicyclic) bond motifs is 5. The Morgan fingerprint density at radius 3 is 2.31 bits per heavy atom. The van der Waals surface area contributed by atoms with E-state index in [1.54, 1.807) is 6.92 Å². The van der Waals surface area contributed by atoms with Crippen molar-refractivity contribution in [1.82, 2.24) is 0 Å². The monoisotopic (exact) mass is 500 g/mol. The minimum absolute atomic E-state index is 0.0690. The number of carbonyl (C=O) groups is 1. The molecule has 0 aromatic heterocycles.